The first-order chi connectivity index (χ1) is 19.6. The fraction of sp³-hybridized carbons (Fsp3) is 0.538. The molecule has 4 N–H and O–H groups in total. The summed E-state index contributed by atoms with van der Waals surface area (Å²) in [5.41, 5.74) is 4.68. The van der Waals surface area contributed by atoms with Crippen molar-refractivity contribution in [1.29, 1.82) is 0 Å². The normalized spacial score (nSPS) is 25.6. The lowest BCUT2D eigenvalue weighted by atomic mass is 9.98. The van der Waals surface area contributed by atoms with Gasteiger partial charge in [-0.1, -0.05) is 24.6 Å². The van der Waals surface area contributed by atoms with Crippen molar-refractivity contribution >= 4 is 30.7 Å². The summed E-state index contributed by atoms with van der Waals surface area (Å²) in [6, 6.07) is 7.32. The van der Waals surface area contributed by atoms with Crippen LogP contribution in [0.15, 0.2) is 36.7 Å². The Balaban J connectivity index is 1.38. The largest absolute Gasteiger partial charge is 0.461 e. The molecule has 2 fully saturated rings. The zero-order valence-electron chi connectivity index (χ0n) is 22.8. The highest BCUT2D eigenvalue weighted by molar-refractivity contribution is 7.52. The maximum absolute atomic E-state index is 14.2. The van der Waals surface area contributed by atoms with Gasteiger partial charge in [-0.25, -0.2) is 9.55 Å². The second-order valence-electron chi connectivity index (χ2n) is 10.5. The van der Waals surface area contributed by atoms with Gasteiger partial charge in [-0.05, 0) is 51.7 Å². The Morgan fingerprint density at radius 3 is 2.73 bits per heavy atom. The number of anilines is 1. The van der Waals surface area contributed by atoms with Crippen molar-refractivity contribution in [2.24, 2.45) is 0 Å². The summed E-state index contributed by atoms with van der Waals surface area (Å²) >= 11 is 0. The van der Waals surface area contributed by atoms with E-state index in [1.165, 1.54) is 17.8 Å². The molecule has 1 saturated carbocycles. The number of aliphatic hydroxyl groups excluding tert-OH is 1. The molecule has 5 rings (SSSR count). The lowest BCUT2D eigenvalue weighted by Crippen LogP contribution is -2.43. The summed E-state index contributed by atoms with van der Waals surface area (Å²) in [5, 5.41) is 13.0. The highest BCUT2D eigenvalue weighted by Crippen LogP contribution is 2.51. The van der Waals surface area contributed by atoms with E-state index < -0.39 is 50.4 Å². The number of carbonyl (C=O) groups excluding carboxylic acids is 1. The Hall–Kier alpha value is -3.16. The second kappa shape index (κ2) is 12.0. The van der Waals surface area contributed by atoms with Crippen molar-refractivity contribution in [1.82, 2.24) is 24.6 Å². The van der Waals surface area contributed by atoms with Crippen LogP contribution in [0.25, 0.3) is 11.2 Å². The number of nitrogens with zero attached hydrogens (tertiary/aromatic N) is 4. The molecule has 2 aromatic heterocycles. The van der Waals surface area contributed by atoms with E-state index in [2.05, 4.69) is 20.0 Å². The first-order valence-electron chi connectivity index (χ1n) is 13.5. The number of rotatable bonds is 10. The van der Waals surface area contributed by atoms with E-state index in [4.69, 9.17) is 24.3 Å². The van der Waals surface area contributed by atoms with Crippen LogP contribution in [0.3, 0.4) is 0 Å². The van der Waals surface area contributed by atoms with E-state index in [9.17, 15) is 18.9 Å². The fourth-order valence-electron chi connectivity index (χ4n) is 5.06. The van der Waals surface area contributed by atoms with E-state index in [0.717, 1.165) is 32.1 Å². The van der Waals surface area contributed by atoms with Crippen molar-refractivity contribution < 1.29 is 37.4 Å². The molecule has 0 radical (unpaired) electrons. The topological polar surface area (TPSA) is 173 Å². The SMILES string of the molecule is C[C@H](N[P@@](=O)(Oc1ccccc1)O[C@H]1C[C@H](n2cnc3c(N)nc(F)nc32)O[C@]1(C)CO)C(=O)OC1CCCCC1. The first kappa shape index (κ1) is 29.3. The van der Waals surface area contributed by atoms with Gasteiger partial charge in [-0.2, -0.15) is 19.4 Å². The monoisotopic (exact) mass is 592 g/mol. The van der Waals surface area contributed by atoms with E-state index in [1.54, 1.807) is 37.3 Å². The molecule has 0 unspecified atom stereocenters. The predicted octanol–water partition coefficient (Wildman–Crippen LogP) is 3.64. The summed E-state index contributed by atoms with van der Waals surface area (Å²) < 4.78 is 53.3. The van der Waals surface area contributed by atoms with E-state index in [-0.39, 0.29) is 35.3 Å². The second-order valence-corrected chi connectivity index (χ2v) is 12.2. The number of aromatic nitrogens is 4. The van der Waals surface area contributed by atoms with Crippen LogP contribution in [0.2, 0.25) is 0 Å². The summed E-state index contributed by atoms with van der Waals surface area (Å²) in [4.78, 5) is 24.3. The van der Waals surface area contributed by atoms with Crippen LogP contribution in [-0.2, 0) is 23.4 Å². The molecule has 0 bridgehead atoms. The van der Waals surface area contributed by atoms with Crippen LogP contribution in [0, 0.1) is 6.08 Å². The minimum atomic E-state index is -4.29. The Bertz CT molecular complexity index is 1420. The van der Waals surface area contributed by atoms with E-state index >= 15 is 0 Å². The smallest absolute Gasteiger partial charge is 0.459 e. The molecule has 2 aliphatic rings. The quantitative estimate of drug-likeness (QED) is 0.177. The maximum atomic E-state index is 14.2. The average molecular weight is 593 g/mol. The lowest BCUT2D eigenvalue weighted by molar-refractivity contribution is -0.152. The van der Waals surface area contributed by atoms with Gasteiger partial charge >= 0.3 is 19.8 Å². The minimum Gasteiger partial charge on any atom is -0.461 e. The molecule has 1 aliphatic carbocycles. The van der Waals surface area contributed by atoms with Crippen LogP contribution < -0.4 is 15.3 Å². The number of aliphatic hydroxyl groups is 1. The highest BCUT2D eigenvalue weighted by Gasteiger charge is 2.51. The summed E-state index contributed by atoms with van der Waals surface area (Å²) in [5.74, 6) is -0.478. The van der Waals surface area contributed by atoms with Crippen LogP contribution in [0.4, 0.5) is 10.2 Å². The van der Waals surface area contributed by atoms with E-state index in [1.807, 2.05) is 0 Å². The first-order valence-corrected chi connectivity index (χ1v) is 15.1. The maximum Gasteiger partial charge on any atom is 0.459 e. The van der Waals surface area contributed by atoms with Gasteiger partial charge < -0.3 is 24.8 Å². The molecule has 1 saturated heterocycles. The third-order valence-corrected chi connectivity index (χ3v) is 9.01. The Labute approximate surface area is 236 Å². The number of nitrogens with two attached hydrogens (primary N) is 1. The number of ether oxygens (including phenoxy) is 2. The number of imidazole rings is 1. The van der Waals surface area contributed by atoms with Gasteiger partial charge in [0.2, 0.25) is 0 Å². The number of para-hydroxylation sites is 1. The summed E-state index contributed by atoms with van der Waals surface area (Å²) in [6.45, 7) is 2.58. The number of fused-ring (bicyclic) bond motifs is 1. The Morgan fingerprint density at radius 2 is 2.02 bits per heavy atom. The van der Waals surface area contributed by atoms with Crippen LogP contribution in [0.1, 0.15) is 58.6 Å². The van der Waals surface area contributed by atoms with Crippen molar-refractivity contribution in [3.63, 3.8) is 0 Å². The number of nitrogen functional groups attached to an aromatic ring is 1. The third-order valence-electron chi connectivity index (χ3n) is 7.32. The van der Waals surface area contributed by atoms with Crippen LogP contribution in [0.5, 0.6) is 5.75 Å². The Morgan fingerprint density at radius 1 is 1.29 bits per heavy atom. The number of halogens is 1. The van der Waals surface area contributed by atoms with Crippen molar-refractivity contribution in [3.8, 4) is 5.75 Å². The number of benzene rings is 1. The molecular weight excluding hydrogens is 558 g/mol. The van der Waals surface area contributed by atoms with Crippen molar-refractivity contribution in [2.75, 3.05) is 12.3 Å². The summed E-state index contributed by atoms with van der Waals surface area (Å²) in [7, 11) is -4.29. The molecule has 1 aliphatic heterocycles. The van der Waals surface area contributed by atoms with Gasteiger partial charge in [0, 0.05) is 6.42 Å². The van der Waals surface area contributed by atoms with Gasteiger partial charge in [0.15, 0.2) is 17.0 Å². The minimum absolute atomic E-state index is 0.0404. The molecule has 41 heavy (non-hydrogen) atoms. The molecular formula is C26H34FN6O7P. The third kappa shape index (κ3) is 6.52. The molecule has 222 valence electrons. The molecule has 0 amide bonds. The van der Waals surface area contributed by atoms with Gasteiger partial charge in [-0.3, -0.25) is 13.9 Å². The molecule has 0 spiro atoms. The summed E-state index contributed by atoms with van der Waals surface area (Å²) in [6.07, 6.45) is 2.96. The molecule has 1 aromatic carbocycles. The van der Waals surface area contributed by atoms with Gasteiger partial charge in [0.25, 0.3) is 0 Å². The van der Waals surface area contributed by atoms with Gasteiger partial charge in [-0.15, -0.1) is 0 Å². The average Bonchev–Trinajstić information content (AvgIpc) is 3.51. The van der Waals surface area contributed by atoms with Crippen molar-refractivity contribution in [3.05, 3.63) is 42.7 Å². The number of carbonyl (C=O) groups is 1. The number of nitrogens with one attached hydrogen (secondary N) is 1. The van der Waals surface area contributed by atoms with Gasteiger partial charge in [0.1, 0.15) is 35.8 Å². The van der Waals surface area contributed by atoms with Crippen LogP contribution in [-0.4, -0.2) is 61.1 Å². The van der Waals surface area contributed by atoms with Gasteiger partial charge in [0.05, 0.1) is 12.9 Å². The molecule has 3 aromatic rings. The van der Waals surface area contributed by atoms with Crippen LogP contribution >= 0.6 is 7.75 Å². The zero-order valence-corrected chi connectivity index (χ0v) is 23.7. The number of esters is 1. The number of hydrogen-bond acceptors (Lipinski definition) is 11. The molecule has 15 heteroatoms. The van der Waals surface area contributed by atoms with Crippen molar-refractivity contribution in [2.45, 2.75) is 82.5 Å². The Kier molecular flexibility index (Phi) is 8.57. The zero-order chi connectivity index (χ0) is 29.2. The lowest BCUT2D eigenvalue weighted by Gasteiger charge is -2.32. The highest BCUT2D eigenvalue weighted by atomic mass is 31.2. The molecule has 3 heterocycles. The predicted molar refractivity (Wildman–Crippen MR) is 145 cm³/mol. The molecule has 5 atom stereocenters. The number of hydrogen-bond donors (Lipinski definition) is 3. The standard InChI is InChI=1S/C26H34FN6O7P/c1-16(24(35)37-17-9-5-3-6-10-17)32-41(36,39-18-11-7-4-8-12-18)40-19-13-20(38-26(19,2)14-34)33-15-29-21-22(28)30-25(27)31-23(21)33/h4,7-8,11-12,15-17,19-20,34H,3,5-6,9-10,13-14H2,1-2H3,(H,32,36)(H2,28,30,31)/t16-,19-,20+,26+,41+/m0/s1. The fourth-order valence-corrected chi connectivity index (χ4v) is 6.84. The molecule has 13 nitrogen and oxygen atoms in total. The van der Waals surface area contributed by atoms with E-state index in [0.29, 0.717) is 0 Å².